The largest absolute Gasteiger partial charge is 0.480 e. The summed E-state index contributed by atoms with van der Waals surface area (Å²) in [5.74, 6) is -0.314. The molecule has 0 aliphatic rings. The number of rotatable bonds is 8. The molecule has 2 N–H and O–H groups in total. The van der Waals surface area contributed by atoms with Gasteiger partial charge in [-0.05, 0) is 43.0 Å². The number of hydrogen-bond acceptors (Lipinski definition) is 4. The van der Waals surface area contributed by atoms with Crippen LogP contribution in [0.1, 0.15) is 18.9 Å². The molecule has 1 unspecified atom stereocenters. The van der Waals surface area contributed by atoms with E-state index in [0.717, 1.165) is 5.56 Å². The van der Waals surface area contributed by atoms with Crippen LogP contribution < -0.4 is 5.32 Å². The molecule has 0 bridgehead atoms. The lowest BCUT2D eigenvalue weighted by Crippen LogP contribution is -2.47. The number of hydrogen-bond donors (Lipinski definition) is 2. The number of nitrogens with zero attached hydrogens (tertiary/aromatic N) is 2. The monoisotopic (exact) mass is 311 g/mol. The van der Waals surface area contributed by atoms with Gasteiger partial charge in [0.15, 0.2) is 0 Å². The average Bonchev–Trinajstić information content (AvgIpc) is 2.49. The van der Waals surface area contributed by atoms with Crippen molar-refractivity contribution >= 4 is 23.8 Å². The van der Waals surface area contributed by atoms with Crippen LogP contribution in [0.4, 0.5) is 4.79 Å². The normalized spacial score (nSPS) is 11.7. The molecule has 0 aliphatic carbocycles. The van der Waals surface area contributed by atoms with E-state index in [1.807, 2.05) is 25.3 Å². The molecule has 0 aromatic carbocycles. The van der Waals surface area contributed by atoms with Gasteiger partial charge in [-0.2, -0.15) is 11.8 Å². The second kappa shape index (κ2) is 9.23. The lowest BCUT2D eigenvalue weighted by Gasteiger charge is -2.24. The molecular weight excluding hydrogens is 290 g/mol. The van der Waals surface area contributed by atoms with Gasteiger partial charge < -0.3 is 15.3 Å². The maximum absolute atomic E-state index is 12.2. The van der Waals surface area contributed by atoms with Gasteiger partial charge in [0.25, 0.3) is 0 Å². The van der Waals surface area contributed by atoms with Crippen molar-refractivity contribution in [2.75, 3.05) is 18.6 Å². The zero-order valence-corrected chi connectivity index (χ0v) is 13.1. The van der Waals surface area contributed by atoms with Crippen LogP contribution >= 0.6 is 11.8 Å². The molecule has 0 spiro atoms. The molecule has 2 amide bonds. The predicted octanol–water partition coefficient (Wildman–Crippen LogP) is 1.82. The Hall–Kier alpha value is -1.76. The minimum atomic E-state index is -1.00. The molecular formula is C14H21N3O3S. The molecule has 0 fully saturated rings. The van der Waals surface area contributed by atoms with Crippen LogP contribution in [0.2, 0.25) is 0 Å². The molecule has 0 saturated heterocycles. The molecule has 0 radical (unpaired) electrons. The maximum atomic E-state index is 12.2. The third kappa shape index (κ3) is 6.03. The number of carboxylic acid groups (broad SMARTS) is 1. The Labute approximate surface area is 128 Å². The third-order valence-corrected chi connectivity index (χ3v) is 3.64. The lowest BCUT2D eigenvalue weighted by atomic mass is 10.2. The minimum absolute atomic E-state index is 0.359. The second-order valence-electron chi connectivity index (χ2n) is 4.49. The fourth-order valence-corrected chi connectivity index (χ4v) is 2.24. The second-order valence-corrected chi connectivity index (χ2v) is 5.48. The van der Waals surface area contributed by atoms with Gasteiger partial charge in [-0.25, -0.2) is 9.59 Å². The number of amides is 2. The topological polar surface area (TPSA) is 82.5 Å². The van der Waals surface area contributed by atoms with Gasteiger partial charge >= 0.3 is 12.0 Å². The maximum Gasteiger partial charge on any atom is 0.326 e. The third-order valence-electron chi connectivity index (χ3n) is 3.00. The van der Waals surface area contributed by atoms with E-state index >= 15 is 0 Å². The van der Waals surface area contributed by atoms with Crippen LogP contribution in [0.5, 0.6) is 0 Å². The van der Waals surface area contributed by atoms with Crippen LogP contribution in [0.15, 0.2) is 24.5 Å². The number of nitrogens with one attached hydrogen (secondary N) is 1. The Bertz CT molecular complexity index is 456. The number of urea groups is 1. The van der Waals surface area contributed by atoms with E-state index < -0.39 is 12.0 Å². The van der Waals surface area contributed by atoms with Gasteiger partial charge in [-0.1, -0.05) is 0 Å². The summed E-state index contributed by atoms with van der Waals surface area (Å²) >= 11 is 1.56. The first-order valence-corrected chi connectivity index (χ1v) is 8.14. The number of aliphatic carboxylic acids is 1. The van der Waals surface area contributed by atoms with Gasteiger partial charge in [0.05, 0.1) is 0 Å². The quantitative estimate of drug-likeness (QED) is 0.765. The van der Waals surface area contributed by atoms with Crippen LogP contribution in [0.25, 0.3) is 0 Å². The Kier molecular flexibility index (Phi) is 7.60. The molecule has 1 aromatic heterocycles. The smallest absolute Gasteiger partial charge is 0.326 e. The summed E-state index contributed by atoms with van der Waals surface area (Å²) in [4.78, 5) is 28.8. The summed E-state index contributed by atoms with van der Waals surface area (Å²) in [6.45, 7) is 2.79. The SMILES string of the molecule is CCN(Cc1ccncc1)C(=O)NC(CCSC)C(=O)O. The van der Waals surface area contributed by atoms with E-state index in [9.17, 15) is 9.59 Å². The van der Waals surface area contributed by atoms with Crippen molar-refractivity contribution in [3.63, 3.8) is 0 Å². The number of carbonyl (C=O) groups is 2. The predicted molar refractivity (Wildman–Crippen MR) is 83.3 cm³/mol. The Morgan fingerprint density at radius 2 is 2.10 bits per heavy atom. The molecule has 1 atom stereocenters. The molecule has 21 heavy (non-hydrogen) atoms. The van der Waals surface area contributed by atoms with Crippen molar-refractivity contribution in [1.29, 1.82) is 0 Å². The molecule has 1 aromatic rings. The average molecular weight is 311 g/mol. The van der Waals surface area contributed by atoms with E-state index in [2.05, 4.69) is 10.3 Å². The summed E-state index contributed by atoms with van der Waals surface area (Å²) < 4.78 is 0. The van der Waals surface area contributed by atoms with Crippen LogP contribution in [0.3, 0.4) is 0 Å². The summed E-state index contributed by atoms with van der Waals surface area (Å²) in [5.41, 5.74) is 0.956. The molecule has 6 nitrogen and oxygen atoms in total. The molecule has 116 valence electrons. The van der Waals surface area contributed by atoms with Crippen molar-refractivity contribution in [1.82, 2.24) is 15.2 Å². The van der Waals surface area contributed by atoms with E-state index in [-0.39, 0.29) is 6.03 Å². The van der Waals surface area contributed by atoms with Gasteiger partial charge in [-0.3, -0.25) is 4.98 Å². The first kappa shape index (κ1) is 17.3. The fourth-order valence-electron chi connectivity index (χ4n) is 1.77. The van der Waals surface area contributed by atoms with E-state index in [1.54, 1.807) is 29.1 Å². The Morgan fingerprint density at radius 3 is 2.62 bits per heavy atom. The summed E-state index contributed by atoms with van der Waals surface area (Å²) in [6, 6.07) is 2.45. The number of carboxylic acids is 1. The highest BCUT2D eigenvalue weighted by molar-refractivity contribution is 7.98. The highest BCUT2D eigenvalue weighted by Crippen LogP contribution is 2.06. The van der Waals surface area contributed by atoms with E-state index in [1.165, 1.54) is 0 Å². The number of carbonyl (C=O) groups excluding carboxylic acids is 1. The van der Waals surface area contributed by atoms with E-state index in [0.29, 0.717) is 25.3 Å². The lowest BCUT2D eigenvalue weighted by molar-refractivity contribution is -0.139. The zero-order valence-electron chi connectivity index (χ0n) is 12.3. The van der Waals surface area contributed by atoms with Crippen LogP contribution in [-0.4, -0.2) is 51.6 Å². The van der Waals surface area contributed by atoms with Crippen molar-refractivity contribution < 1.29 is 14.7 Å². The molecule has 0 saturated carbocycles. The van der Waals surface area contributed by atoms with Gasteiger partial charge in [0.1, 0.15) is 6.04 Å². The van der Waals surface area contributed by atoms with Crippen molar-refractivity contribution in [2.24, 2.45) is 0 Å². The summed E-state index contributed by atoms with van der Waals surface area (Å²) in [7, 11) is 0. The Morgan fingerprint density at radius 1 is 1.43 bits per heavy atom. The standard InChI is InChI=1S/C14H21N3O3S/c1-3-17(10-11-4-7-15-8-5-11)14(20)16-12(13(18)19)6-9-21-2/h4-5,7-8,12H,3,6,9-10H2,1-2H3,(H,16,20)(H,18,19). The summed E-state index contributed by atoms with van der Waals surface area (Å²) in [6.07, 6.45) is 5.65. The summed E-state index contributed by atoms with van der Waals surface area (Å²) in [5, 5.41) is 11.7. The van der Waals surface area contributed by atoms with E-state index in [4.69, 9.17) is 5.11 Å². The van der Waals surface area contributed by atoms with Crippen molar-refractivity contribution in [2.45, 2.75) is 25.9 Å². The Balaban J connectivity index is 2.62. The highest BCUT2D eigenvalue weighted by atomic mass is 32.2. The molecule has 7 heteroatoms. The van der Waals surface area contributed by atoms with Crippen LogP contribution in [-0.2, 0) is 11.3 Å². The van der Waals surface area contributed by atoms with Gasteiger partial charge in [0.2, 0.25) is 0 Å². The molecule has 1 heterocycles. The molecule has 0 aliphatic heterocycles. The minimum Gasteiger partial charge on any atom is -0.480 e. The van der Waals surface area contributed by atoms with Crippen molar-refractivity contribution in [3.05, 3.63) is 30.1 Å². The van der Waals surface area contributed by atoms with Gasteiger partial charge in [-0.15, -0.1) is 0 Å². The number of aromatic nitrogens is 1. The fraction of sp³-hybridized carbons (Fsp3) is 0.500. The van der Waals surface area contributed by atoms with Gasteiger partial charge in [0, 0.05) is 25.5 Å². The first-order chi connectivity index (χ1) is 10.1. The highest BCUT2D eigenvalue weighted by Gasteiger charge is 2.22. The first-order valence-electron chi connectivity index (χ1n) is 6.74. The molecule has 1 rings (SSSR count). The number of pyridine rings is 1. The number of thioether (sulfide) groups is 1. The van der Waals surface area contributed by atoms with Crippen molar-refractivity contribution in [3.8, 4) is 0 Å². The zero-order chi connectivity index (χ0) is 15.7. The van der Waals surface area contributed by atoms with Crippen LogP contribution in [0, 0.1) is 0 Å².